The standard InChI is InChI=1S/C16H21N5O/c1-12-11-19(3)8-9-20(12)16(22)15-10-14(4-5-18-15)21-7-6-17-13(21)2/h4-7,10,12H,8-9,11H2,1-3H3/t12-/m1/s1. The van der Waals surface area contributed by atoms with E-state index in [1.807, 2.05) is 34.7 Å². The molecule has 0 aromatic carbocycles. The van der Waals surface area contributed by atoms with Crippen molar-refractivity contribution in [2.75, 3.05) is 26.7 Å². The van der Waals surface area contributed by atoms with E-state index < -0.39 is 0 Å². The number of aryl methyl sites for hydroxylation is 1. The van der Waals surface area contributed by atoms with Gasteiger partial charge in [0.05, 0.1) is 5.69 Å². The predicted octanol–water partition coefficient (Wildman–Crippen LogP) is 1.35. The molecule has 0 spiro atoms. The van der Waals surface area contributed by atoms with Crippen molar-refractivity contribution < 1.29 is 4.79 Å². The Balaban J connectivity index is 1.86. The molecular formula is C16H21N5O. The number of nitrogens with zero attached hydrogens (tertiary/aromatic N) is 5. The lowest BCUT2D eigenvalue weighted by molar-refractivity contribution is 0.0527. The summed E-state index contributed by atoms with van der Waals surface area (Å²) in [6.07, 6.45) is 5.32. The molecule has 6 heteroatoms. The van der Waals surface area contributed by atoms with Crippen molar-refractivity contribution in [2.45, 2.75) is 19.9 Å². The first-order valence-corrected chi connectivity index (χ1v) is 7.52. The zero-order chi connectivity index (χ0) is 15.7. The Bertz CT molecular complexity index is 681. The van der Waals surface area contributed by atoms with E-state index in [1.165, 1.54) is 0 Å². The molecule has 0 N–H and O–H groups in total. The third kappa shape index (κ3) is 2.74. The van der Waals surface area contributed by atoms with Gasteiger partial charge in [-0.05, 0) is 33.0 Å². The smallest absolute Gasteiger partial charge is 0.272 e. The number of amides is 1. The van der Waals surface area contributed by atoms with Crippen LogP contribution in [0.15, 0.2) is 30.7 Å². The van der Waals surface area contributed by atoms with Crippen molar-refractivity contribution in [3.63, 3.8) is 0 Å². The summed E-state index contributed by atoms with van der Waals surface area (Å²) < 4.78 is 1.95. The van der Waals surface area contributed by atoms with E-state index in [2.05, 4.69) is 28.8 Å². The number of pyridine rings is 1. The molecule has 1 atom stereocenters. The van der Waals surface area contributed by atoms with Crippen LogP contribution in [0.3, 0.4) is 0 Å². The molecular weight excluding hydrogens is 278 g/mol. The Labute approximate surface area is 130 Å². The van der Waals surface area contributed by atoms with Crippen LogP contribution in [0.1, 0.15) is 23.2 Å². The van der Waals surface area contributed by atoms with Gasteiger partial charge in [0.25, 0.3) is 5.91 Å². The van der Waals surface area contributed by atoms with Gasteiger partial charge in [-0.2, -0.15) is 0 Å². The Morgan fingerprint density at radius 1 is 1.27 bits per heavy atom. The first-order chi connectivity index (χ1) is 10.6. The zero-order valence-corrected chi connectivity index (χ0v) is 13.2. The van der Waals surface area contributed by atoms with E-state index in [-0.39, 0.29) is 11.9 Å². The van der Waals surface area contributed by atoms with Crippen molar-refractivity contribution in [3.05, 3.63) is 42.2 Å². The van der Waals surface area contributed by atoms with Gasteiger partial charge in [0, 0.05) is 44.3 Å². The summed E-state index contributed by atoms with van der Waals surface area (Å²) in [6.45, 7) is 6.55. The Morgan fingerprint density at radius 2 is 2.09 bits per heavy atom. The van der Waals surface area contributed by atoms with Gasteiger partial charge in [-0.15, -0.1) is 0 Å². The number of carbonyl (C=O) groups excluding carboxylic acids is 1. The lowest BCUT2D eigenvalue weighted by Crippen LogP contribution is -2.52. The maximum Gasteiger partial charge on any atom is 0.272 e. The van der Waals surface area contributed by atoms with Crippen molar-refractivity contribution in [2.24, 2.45) is 0 Å². The number of hydrogen-bond donors (Lipinski definition) is 0. The fraction of sp³-hybridized carbons (Fsp3) is 0.438. The number of hydrogen-bond acceptors (Lipinski definition) is 4. The average Bonchev–Trinajstić information content (AvgIpc) is 2.93. The maximum absolute atomic E-state index is 12.7. The molecule has 0 aliphatic carbocycles. The number of likely N-dealkylation sites (N-methyl/N-ethyl adjacent to an activating group) is 1. The van der Waals surface area contributed by atoms with Crippen LogP contribution < -0.4 is 0 Å². The highest BCUT2D eigenvalue weighted by atomic mass is 16.2. The summed E-state index contributed by atoms with van der Waals surface area (Å²) in [6, 6.07) is 3.92. The summed E-state index contributed by atoms with van der Waals surface area (Å²) in [5, 5.41) is 0. The van der Waals surface area contributed by atoms with E-state index in [9.17, 15) is 4.79 Å². The molecule has 0 bridgehead atoms. The highest BCUT2D eigenvalue weighted by Crippen LogP contribution is 2.15. The average molecular weight is 299 g/mol. The maximum atomic E-state index is 12.7. The van der Waals surface area contributed by atoms with Crippen LogP contribution in [-0.2, 0) is 0 Å². The predicted molar refractivity (Wildman–Crippen MR) is 84.1 cm³/mol. The van der Waals surface area contributed by atoms with Crippen molar-refractivity contribution in [1.29, 1.82) is 0 Å². The quantitative estimate of drug-likeness (QED) is 0.840. The Morgan fingerprint density at radius 3 is 2.77 bits per heavy atom. The van der Waals surface area contributed by atoms with Crippen molar-refractivity contribution in [3.8, 4) is 5.69 Å². The molecule has 3 rings (SSSR count). The van der Waals surface area contributed by atoms with Gasteiger partial charge in [0.15, 0.2) is 0 Å². The molecule has 116 valence electrons. The summed E-state index contributed by atoms with van der Waals surface area (Å²) in [5.41, 5.74) is 1.40. The monoisotopic (exact) mass is 299 g/mol. The van der Waals surface area contributed by atoms with E-state index in [4.69, 9.17) is 0 Å². The minimum atomic E-state index is 0.000202. The molecule has 1 fully saturated rings. The van der Waals surface area contributed by atoms with Crippen LogP contribution in [0.5, 0.6) is 0 Å². The van der Waals surface area contributed by atoms with E-state index in [0.717, 1.165) is 31.1 Å². The first kappa shape index (κ1) is 14.7. The molecule has 3 heterocycles. The minimum Gasteiger partial charge on any atom is -0.332 e. The largest absolute Gasteiger partial charge is 0.332 e. The molecule has 2 aromatic heterocycles. The Kier molecular flexibility index (Phi) is 3.94. The van der Waals surface area contributed by atoms with Crippen LogP contribution >= 0.6 is 0 Å². The summed E-state index contributed by atoms with van der Waals surface area (Å²) in [5.74, 6) is 0.887. The highest BCUT2D eigenvalue weighted by Gasteiger charge is 2.27. The molecule has 22 heavy (non-hydrogen) atoms. The van der Waals surface area contributed by atoms with Gasteiger partial charge in [-0.25, -0.2) is 4.98 Å². The number of aromatic nitrogens is 3. The number of imidazole rings is 1. The van der Waals surface area contributed by atoms with Crippen LogP contribution in [0.25, 0.3) is 5.69 Å². The van der Waals surface area contributed by atoms with Gasteiger partial charge < -0.3 is 14.4 Å². The van der Waals surface area contributed by atoms with Crippen LogP contribution in [0, 0.1) is 6.92 Å². The van der Waals surface area contributed by atoms with Crippen LogP contribution in [-0.4, -0.2) is 63.0 Å². The summed E-state index contributed by atoms with van der Waals surface area (Å²) in [7, 11) is 2.08. The molecule has 6 nitrogen and oxygen atoms in total. The van der Waals surface area contributed by atoms with E-state index >= 15 is 0 Å². The number of piperazine rings is 1. The van der Waals surface area contributed by atoms with E-state index in [0.29, 0.717) is 5.69 Å². The zero-order valence-electron chi connectivity index (χ0n) is 13.2. The van der Waals surface area contributed by atoms with Gasteiger partial charge in [0.1, 0.15) is 11.5 Å². The first-order valence-electron chi connectivity index (χ1n) is 7.52. The SMILES string of the molecule is Cc1nccn1-c1ccnc(C(=O)N2CCN(C)C[C@H]2C)c1. The fourth-order valence-corrected chi connectivity index (χ4v) is 2.93. The second kappa shape index (κ2) is 5.88. The minimum absolute atomic E-state index is 0.000202. The topological polar surface area (TPSA) is 54.3 Å². The Hall–Kier alpha value is -2.21. The summed E-state index contributed by atoms with van der Waals surface area (Å²) >= 11 is 0. The molecule has 1 aliphatic rings. The highest BCUT2D eigenvalue weighted by molar-refractivity contribution is 5.93. The van der Waals surface area contributed by atoms with Gasteiger partial charge in [-0.3, -0.25) is 9.78 Å². The fourth-order valence-electron chi connectivity index (χ4n) is 2.93. The number of carbonyl (C=O) groups is 1. The summed E-state index contributed by atoms with van der Waals surface area (Å²) in [4.78, 5) is 25.4. The molecule has 1 amide bonds. The molecule has 0 unspecified atom stereocenters. The second-order valence-corrected chi connectivity index (χ2v) is 5.85. The second-order valence-electron chi connectivity index (χ2n) is 5.85. The lowest BCUT2D eigenvalue weighted by atomic mass is 10.1. The molecule has 1 aliphatic heterocycles. The third-order valence-corrected chi connectivity index (χ3v) is 4.16. The van der Waals surface area contributed by atoms with Crippen LogP contribution in [0.2, 0.25) is 0 Å². The van der Waals surface area contributed by atoms with Crippen LogP contribution in [0.4, 0.5) is 0 Å². The van der Waals surface area contributed by atoms with Gasteiger partial charge in [-0.1, -0.05) is 0 Å². The van der Waals surface area contributed by atoms with Crippen molar-refractivity contribution >= 4 is 5.91 Å². The lowest BCUT2D eigenvalue weighted by Gasteiger charge is -2.38. The molecule has 2 aromatic rings. The van der Waals surface area contributed by atoms with Crippen molar-refractivity contribution in [1.82, 2.24) is 24.3 Å². The third-order valence-electron chi connectivity index (χ3n) is 4.16. The number of rotatable bonds is 2. The van der Waals surface area contributed by atoms with Gasteiger partial charge >= 0.3 is 0 Å². The van der Waals surface area contributed by atoms with Gasteiger partial charge in [0.2, 0.25) is 0 Å². The molecule has 0 saturated carbocycles. The molecule has 1 saturated heterocycles. The molecule has 0 radical (unpaired) electrons. The van der Waals surface area contributed by atoms with E-state index in [1.54, 1.807) is 12.4 Å². The normalized spacial score (nSPS) is 19.4.